The highest BCUT2D eigenvalue weighted by Crippen LogP contribution is 2.66. The normalized spacial score (nSPS) is 32.4. The number of nitro benzene ring substituents is 1. The Balaban J connectivity index is 1.52. The van der Waals surface area contributed by atoms with Crippen LogP contribution in [0.3, 0.4) is 0 Å². The highest BCUT2D eigenvalue weighted by molar-refractivity contribution is 6.53. The van der Waals surface area contributed by atoms with E-state index in [2.05, 4.69) is 0 Å². The van der Waals surface area contributed by atoms with Crippen LogP contribution in [0.15, 0.2) is 54.1 Å². The number of carbonyl (C=O) groups excluding carboxylic acids is 4. The first-order valence-corrected chi connectivity index (χ1v) is 13.5. The maximum absolute atomic E-state index is 14.0. The summed E-state index contributed by atoms with van der Waals surface area (Å²) < 4.78 is 5.28. The van der Waals surface area contributed by atoms with E-state index in [1.54, 1.807) is 18.2 Å². The fourth-order valence-electron chi connectivity index (χ4n) is 7.03. The number of likely N-dealkylation sites (tertiary alicyclic amines) is 1. The van der Waals surface area contributed by atoms with E-state index < -0.39 is 62.0 Å². The number of benzene rings is 2. The number of aromatic hydroxyl groups is 1. The minimum atomic E-state index is -2.05. The monoisotopic (exact) mass is 599 g/mol. The van der Waals surface area contributed by atoms with Gasteiger partial charge in [-0.15, -0.1) is 23.2 Å². The number of allylic oxidation sites excluding steroid dienone is 2. The highest BCUT2D eigenvalue weighted by atomic mass is 35.5. The van der Waals surface area contributed by atoms with Crippen LogP contribution in [0.2, 0.25) is 0 Å². The smallest absolute Gasteiger partial charge is 0.271 e. The lowest BCUT2D eigenvalue weighted by Gasteiger charge is -2.50. The minimum absolute atomic E-state index is 0.0575. The standard InChI is InChI=1S/C28H23Cl2N3O8/c1-31-25(37)27(29)12-18-15(21(28(27,30)26(31)38)17-7-4-8-19(41-2)22(17)34)9-10-16-20(18)24(36)32(23(16)35)13-5-3-6-14(11-13)33(39)40/h3-9,11,16,18,20-21,34H,10,12H2,1-2H3/t16-,18+,20-,21+,27+,28-/m0/s1. The van der Waals surface area contributed by atoms with Crippen LogP contribution in [0.5, 0.6) is 11.5 Å². The summed E-state index contributed by atoms with van der Waals surface area (Å²) in [5, 5.41) is 22.5. The lowest BCUT2D eigenvalue weighted by Crippen LogP contribution is -2.60. The van der Waals surface area contributed by atoms with Gasteiger partial charge in [-0.3, -0.25) is 34.2 Å². The van der Waals surface area contributed by atoms with Crippen molar-refractivity contribution in [2.24, 2.45) is 17.8 Å². The van der Waals surface area contributed by atoms with Gasteiger partial charge in [0, 0.05) is 30.7 Å². The largest absolute Gasteiger partial charge is 0.504 e. The van der Waals surface area contributed by atoms with Gasteiger partial charge in [0.1, 0.15) is 0 Å². The molecule has 13 heteroatoms. The molecule has 2 aliphatic carbocycles. The van der Waals surface area contributed by atoms with Gasteiger partial charge in [-0.2, -0.15) is 0 Å². The minimum Gasteiger partial charge on any atom is -0.504 e. The van der Waals surface area contributed by atoms with Crippen LogP contribution in [0.1, 0.15) is 24.3 Å². The number of para-hydroxylation sites is 1. The second-order valence-corrected chi connectivity index (χ2v) is 11.9. The Morgan fingerprint density at radius 3 is 2.44 bits per heavy atom. The number of fused-ring (bicyclic) bond motifs is 4. The zero-order chi connectivity index (χ0) is 29.6. The summed E-state index contributed by atoms with van der Waals surface area (Å²) in [6.07, 6.45) is 1.62. The number of non-ortho nitro benzene ring substituents is 1. The van der Waals surface area contributed by atoms with Crippen LogP contribution in [0.25, 0.3) is 0 Å². The van der Waals surface area contributed by atoms with Crippen molar-refractivity contribution in [1.82, 2.24) is 4.90 Å². The highest BCUT2D eigenvalue weighted by Gasteiger charge is 2.76. The van der Waals surface area contributed by atoms with Crippen LogP contribution in [0.4, 0.5) is 11.4 Å². The van der Waals surface area contributed by atoms with E-state index in [0.717, 1.165) is 15.9 Å². The number of alkyl halides is 2. The molecule has 4 aliphatic rings. The quantitative estimate of drug-likeness (QED) is 0.184. The van der Waals surface area contributed by atoms with Gasteiger partial charge in [-0.1, -0.05) is 29.8 Å². The Morgan fingerprint density at radius 1 is 1.05 bits per heavy atom. The van der Waals surface area contributed by atoms with Crippen LogP contribution in [-0.4, -0.2) is 62.5 Å². The number of imide groups is 2. The number of hydrogen-bond donors (Lipinski definition) is 1. The predicted octanol–water partition coefficient (Wildman–Crippen LogP) is 3.50. The topological polar surface area (TPSA) is 147 Å². The molecule has 2 aromatic rings. The molecule has 4 amide bonds. The zero-order valence-corrected chi connectivity index (χ0v) is 23.3. The van der Waals surface area contributed by atoms with Gasteiger partial charge in [0.15, 0.2) is 21.2 Å². The number of methoxy groups -OCH3 is 1. The summed E-state index contributed by atoms with van der Waals surface area (Å²) in [6, 6.07) is 9.89. The third-order valence-corrected chi connectivity index (χ3v) is 10.3. The molecule has 1 saturated carbocycles. The Morgan fingerprint density at radius 2 is 1.76 bits per heavy atom. The third kappa shape index (κ3) is 3.39. The Kier molecular flexibility index (Phi) is 5.99. The van der Waals surface area contributed by atoms with Crippen molar-refractivity contribution in [1.29, 1.82) is 0 Å². The SMILES string of the molecule is COc1cccc([C@H]2C3=CC[C@@H]4C(=O)N(c5cccc([N+](=O)[O-])c5)C(=O)[C@@H]4[C@@H]3C[C@@]3(Cl)C(=O)N(C)C(=O)[C@@]23Cl)c1O. The number of halogens is 2. The molecule has 41 heavy (non-hydrogen) atoms. The van der Waals surface area contributed by atoms with Crippen molar-refractivity contribution in [3.8, 4) is 11.5 Å². The van der Waals surface area contributed by atoms with E-state index in [0.29, 0.717) is 5.57 Å². The van der Waals surface area contributed by atoms with Crippen LogP contribution < -0.4 is 9.64 Å². The number of anilines is 1. The molecule has 0 aromatic heterocycles. The second kappa shape index (κ2) is 9.02. The molecule has 11 nitrogen and oxygen atoms in total. The summed E-state index contributed by atoms with van der Waals surface area (Å²) in [6.45, 7) is 0. The number of rotatable bonds is 4. The molecule has 0 unspecified atom stereocenters. The first-order valence-electron chi connectivity index (χ1n) is 12.8. The lowest BCUT2D eigenvalue weighted by atomic mass is 9.56. The van der Waals surface area contributed by atoms with Crippen molar-refractivity contribution in [2.75, 3.05) is 19.1 Å². The maximum atomic E-state index is 14.0. The molecule has 0 spiro atoms. The van der Waals surface area contributed by atoms with E-state index in [-0.39, 0.29) is 41.3 Å². The van der Waals surface area contributed by atoms with Crippen LogP contribution >= 0.6 is 23.2 Å². The number of nitrogens with zero attached hydrogens (tertiary/aromatic N) is 3. The number of carbonyl (C=O) groups is 4. The number of ether oxygens (including phenoxy) is 1. The van der Waals surface area contributed by atoms with Gasteiger partial charge in [-0.05, 0) is 30.9 Å². The second-order valence-electron chi connectivity index (χ2n) is 10.7. The number of hydrogen-bond acceptors (Lipinski definition) is 8. The van der Waals surface area contributed by atoms with Gasteiger partial charge in [0.05, 0.1) is 29.6 Å². The molecule has 6 atom stereocenters. The summed E-state index contributed by atoms with van der Waals surface area (Å²) >= 11 is 14.2. The van der Waals surface area contributed by atoms with Crippen molar-refractivity contribution in [2.45, 2.75) is 28.5 Å². The van der Waals surface area contributed by atoms with E-state index in [9.17, 15) is 34.4 Å². The van der Waals surface area contributed by atoms with Crippen LogP contribution in [-0.2, 0) is 19.2 Å². The summed E-state index contributed by atoms with van der Waals surface area (Å²) in [4.78, 5) is 63.2. The molecule has 0 bridgehead atoms. The van der Waals surface area contributed by atoms with Gasteiger partial charge >= 0.3 is 0 Å². The zero-order valence-electron chi connectivity index (χ0n) is 21.7. The molecule has 1 N–H and O–H groups in total. The maximum Gasteiger partial charge on any atom is 0.271 e. The van der Waals surface area contributed by atoms with Crippen molar-refractivity contribution in [3.63, 3.8) is 0 Å². The summed E-state index contributed by atoms with van der Waals surface area (Å²) in [7, 11) is 2.63. The Labute approximate surface area is 243 Å². The van der Waals surface area contributed by atoms with Gasteiger partial charge < -0.3 is 9.84 Å². The van der Waals surface area contributed by atoms with Gasteiger partial charge in [0.2, 0.25) is 11.8 Å². The first-order chi connectivity index (χ1) is 19.4. The van der Waals surface area contributed by atoms with Crippen molar-refractivity contribution < 1.29 is 33.9 Å². The summed E-state index contributed by atoms with van der Waals surface area (Å²) in [5.74, 6) is -6.60. The summed E-state index contributed by atoms with van der Waals surface area (Å²) in [5.41, 5.74) is 0.456. The fourth-order valence-corrected chi connectivity index (χ4v) is 8.04. The molecule has 2 aromatic carbocycles. The molecule has 2 saturated heterocycles. The molecule has 212 valence electrons. The molecule has 2 heterocycles. The van der Waals surface area contributed by atoms with Crippen molar-refractivity contribution in [3.05, 3.63) is 69.8 Å². The van der Waals surface area contributed by atoms with Gasteiger partial charge in [-0.25, -0.2) is 4.90 Å². The number of amides is 4. The molecule has 6 rings (SSSR count). The molecular weight excluding hydrogens is 577 g/mol. The Bertz CT molecular complexity index is 1610. The third-order valence-electron chi connectivity index (χ3n) is 8.87. The average Bonchev–Trinajstić information content (AvgIpc) is 3.28. The van der Waals surface area contributed by atoms with E-state index >= 15 is 0 Å². The predicted molar refractivity (Wildman–Crippen MR) is 146 cm³/mol. The fraction of sp³-hybridized carbons (Fsp3) is 0.357. The molecule has 0 radical (unpaired) electrons. The van der Waals surface area contributed by atoms with Crippen LogP contribution in [0, 0.1) is 27.9 Å². The first kappa shape index (κ1) is 27.2. The molecular formula is C28H23Cl2N3O8. The molecule has 3 fully saturated rings. The number of phenols is 1. The van der Waals surface area contributed by atoms with E-state index in [1.165, 1.54) is 38.4 Å². The lowest BCUT2D eigenvalue weighted by molar-refractivity contribution is -0.384. The number of phenolic OH excluding ortho intramolecular Hbond substituents is 1. The number of nitro groups is 1. The Hall–Kier alpha value is -3.96. The van der Waals surface area contributed by atoms with E-state index in [4.69, 9.17) is 27.9 Å². The average molecular weight is 600 g/mol. The molecule has 2 aliphatic heterocycles. The van der Waals surface area contributed by atoms with E-state index in [1.807, 2.05) is 0 Å². The van der Waals surface area contributed by atoms with Crippen molar-refractivity contribution >= 4 is 58.2 Å². The van der Waals surface area contributed by atoms with Gasteiger partial charge in [0.25, 0.3) is 17.5 Å².